The first-order chi connectivity index (χ1) is 15.5. The Morgan fingerprint density at radius 1 is 0.812 bits per heavy atom. The van der Waals surface area contributed by atoms with Crippen LogP contribution in [0, 0.1) is 11.8 Å². The Hall–Kier alpha value is -2.86. The van der Waals surface area contributed by atoms with Gasteiger partial charge in [0.15, 0.2) is 0 Å². The lowest BCUT2D eigenvalue weighted by Gasteiger charge is -2.36. The molecule has 2 aromatic rings. The number of rotatable bonds is 3. The number of benzene rings is 2. The number of imide groups is 1. The molecule has 0 radical (unpaired) electrons. The van der Waals surface area contributed by atoms with Gasteiger partial charge in [0.1, 0.15) is 0 Å². The van der Waals surface area contributed by atoms with Gasteiger partial charge in [-0.1, -0.05) is 30.5 Å². The minimum atomic E-state index is -0.173. The zero-order valence-corrected chi connectivity index (χ0v) is 18.6. The monoisotopic (exact) mass is 451 g/mol. The molecule has 2 aliphatic heterocycles. The first-order valence-electron chi connectivity index (χ1n) is 11.3. The molecule has 32 heavy (non-hydrogen) atoms. The lowest BCUT2D eigenvalue weighted by molar-refractivity contribution is -0.122. The summed E-state index contributed by atoms with van der Waals surface area (Å²) < 4.78 is 0. The number of anilines is 2. The second-order valence-electron chi connectivity index (χ2n) is 8.82. The number of carbonyl (C=O) groups excluding carboxylic acids is 3. The fourth-order valence-corrected chi connectivity index (χ4v) is 5.38. The van der Waals surface area contributed by atoms with Crippen molar-refractivity contribution >= 4 is 40.7 Å². The van der Waals surface area contributed by atoms with Crippen molar-refractivity contribution < 1.29 is 14.4 Å². The predicted molar refractivity (Wildman–Crippen MR) is 124 cm³/mol. The van der Waals surface area contributed by atoms with Crippen LogP contribution in [0.3, 0.4) is 0 Å². The van der Waals surface area contributed by atoms with E-state index in [9.17, 15) is 14.4 Å². The Kier molecular flexibility index (Phi) is 5.64. The van der Waals surface area contributed by atoms with Gasteiger partial charge in [0.05, 0.1) is 17.5 Å². The van der Waals surface area contributed by atoms with Crippen molar-refractivity contribution in [1.29, 1.82) is 0 Å². The maximum Gasteiger partial charge on any atom is 0.253 e. The van der Waals surface area contributed by atoms with Gasteiger partial charge in [-0.3, -0.25) is 19.3 Å². The van der Waals surface area contributed by atoms with E-state index in [2.05, 4.69) is 4.90 Å². The van der Waals surface area contributed by atoms with Gasteiger partial charge in [0.25, 0.3) is 5.91 Å². The number of nitrogens with zero attached hydrogens (tertiary/aromatic N) is 3. The number of piperazine rings is 1. The topological polar surface area (TPSA) is 60.9 Å². The molecule has 5 rings (SSSR count). The third-order valence-electron chi connectivity index (χ3n) is 6.95. The summed E-state index contributed by atoms with van der Waals surface area (Å²) in [7, 11) is 0. The molecule has 3 fully saturated rings. The normalized spacial score (nSPS) is 23.5. The molecule has 1 aliphatic carbocycles. The smallest absolute Gasteiger partial charge is 0.253 e. The standard InChI is InChI=1S/C25H26ClN3O3/c26-18-4-3-5-20(16-18)27-12-14-28(15-13-27)23(30)17-8-10-19(11-9-17)29-24(31)21-6-1-2-7-22(21)25(29)32/h3-5,8-11,16,21-22H,1-2,6-7,12-15H2. The summed E-state index contributed by atoms with van der Waals surface area (Å²) in [5.74, 6) is -0.552. The summed E-state index contributed by atoms with van der Waals surface area (Å²) in [6, 6.07) is 14.7. The Morgan fingerprint density at radius 3 is 2.03 bits per heavy atom. The number of hydrogen-bond donors (Lipinski definition) is 0. The maximum atomic E-state index is 13.0. The van der Waals surface area contributed by atoms with Crippen LogP contribution in [0.25, 0.3) is 0 Å². The van der Waals surface area contributed by atoms with Gasteiger partial charge in [0, 0.05) is 42.5 Å². The van der Waals surface area contributed by atoms with Crippen LogP contribution in [0.2, 0.25) is 5.02 Å². The summed E-state index contributed by atoms with van der Waals surface area (Å²) in [5, 5.41) is 0.704. The average molecular weight is 452 g/mol. The summed E-state index contributed by atoms with van der Waals surface area (Å²) >= 11 is 6.10. The molecule has 2 unspecified atom stereocenters. The van der Waals surface area contributed by atoms with Gasteiger partial charge in [0.2, 0.25) is 11.8 Å². The molecule has 7 heteroatoms. The molecular formula is C25H26ClN3O3. The van der Waals surface area contributed by atoms with Crippen molar-refractivity contribution in [3.05, 3.63) is 59.1 Å². The van der Waals surface area contributed by atoms with Gasteiger partial charge in [-0.25, -0.2) is 0 Å². The van der Waals surface area contributed by atoms with E-state index in [1.807, 2.05) is 29.2 Å². The van der Waals surface area contributed by atoms with Gasteiger partial charge in [-0.05, 0) is 55.3 Å². The Balaban J connectivity index is 1.24. The molecule has 1 saturated carbocycles. The maximum absolute atomic E-state index is 13.0. The Bertz CT molecular complexity index is 1020. The summed E-state index contributed by atoms with van der Waals surface area (Å²) in [4.78, 5) is 44.0. The van der Waals surface area contributed by atoms with Gasteiger partial charge in [-0.2, -0.15) is 0 Å². The number of carbonyl (C=O) groups is 3. The molecule has 2 aromatic carbocycles. The highest BCUT2D eigenvalue weighted by Crippen LogP contribution is 2.40. The first kappa shape index (κ1) is 21.0. The molecule has 0 aromatic heterocycles. The van der Waals surface area contributed by atoms with E-state index in [1.165, 1.54) is 4.90 Å². The third-order valence-corrected chi connectivity index (χ3v) is 7.19. The van der Waals surface area contributed by atoms with Crippen molar-refractivity contribution in [2.45, 2.75) is 25.7 Å². The average Bonchev–Trinajstić information content (AvgIpc) is 3.09. The minimum absolute atomic E-state index is 0.0324. The largest absolute Gasteiger partial charge is 0.368 e. The number of halogens is 1. The van der Waals surface area contributed by atoms with E-state index >= 15 is 0 Å². The van der Waals surface area contributed by atoms with E-state index < -0.39 is 0 Å². The Labute approximate surface area is 192 Å². The highest BCUT2D eigenvalue weighted by atomic mass is 35.5. The van der Waals surface area contributed by atoms with Crippen LogP contribution in [0.5, 0.6) is 0 Å². The molecular weight excluding hydrogens is 426 g/mol. The minimum Gasteiger partial charge on any atom is -0.368 e. The van der Waals surface area contributed by atoms with Crippen LogP contribution >= 0.6 is 11.6 Å². The van der Waals surface area contributed by atoms with Gasteiger partial charge >= 0.3 is 0 Å². The summed E-state index contributed by atoms with van der Waals surface area (Å²) in [6.45, 7) is 2.73. The molecule has 3 amide bonds. The molecule has 166 valence electrons. The van der Waals surface area contributed by atoms with Crippen LogP contribution < -0.4 is 9.80 Å². The second kappa shape index (κ2) is 8.58. The molecule has 3 aliphatic rings. The lowest BCUT2D eigenvalue weighted by atomic mass is 9.81. The van der Waals surface area contributed by atoms with Gasteiger partial charge in [-0.15, -0.1) is 0 Å². The number of hydrogen-bond acceptors (Lipinski definition) is 4. The molecule has 2 atom stereocenters. The summed E-state index contributed by atoms with van der Waals surface area (Å²) in [5.41, 5.74) is 2.20. The zero-order chi connectivity index (χ0) is 22.2. The van der Waals surface area contributed by atoms with E-state index in [4.69, 9.17) is 11.6 Å². The molecule has 0 spiro atoms. The van der Waals surface area contributed by atoms with Crippen LogP contribution in [0.1, 0.15) is 36.0 Å². The van der Waals surface area contributed by atoms with Crippen molar-refractivity contribution in [3.63, 3.8) is 0 Å². The van der Waals surface area contributed by atoms with E-state index in [-0.39, 0.29) is 29.6 Å². The summed E-state index contributed by atoms with van der Waals surface area (Å²) in [6.07, 6.45) is 3.60. The number of amides is 3. The van der Waals surface area contributed by atoms with Crippen molar-refractivity contribution in [2.75, 3.05) is 36.0 Å². The molecule has 0 N–H and O–H groups in total. The second-order valence-corrected chi connectivity index (χ2v) is 9.25. The predicted octanol–water partition coefficient (Wildman–Crippen LogP) is 3.98. The molecule has 0 bridgehead atoms. The quantitative estimate of drug-likeness (QED) is 0.662. The first-order valence-corrected chi connectivity index (χ1v) is 11.7. The highest BCUT2D eigenvalue weighted by Gasteiger charge is 2.48. The SMILES string of the molecule is O=C(c1ccc(N2C(=O)C3CCCCC3C2=O)cc1)N1CCN(c2cccc(Cl)c2)CC1. The molecule has 2 heterocycles. The van der Waals surface area contributed by atoms with Crippen molar-refractivity contribution in [1.82, 2.24) is 4.90 Å². The third kappa shape index (κ3) is 3.77. The fourth-order valence-electron chi connectivity index (χ4n) is 5.19. The van der Waals surface area contributed by atoms with Gasteiger partial charge < -0.3 is 9.80 Å². The highest BCUT2D eigenvalue weighted by molar-refractivity contribution is 6.30. The van der Waals surface area contributed by atoms with Crippen LogP contribution in [-0.4, -0.2) is 48.8 Å². The van der Waals surface area contributed by atoms with E-state index in [1.54, 1.807) is 24.3 Å². The van der Waals surface area contributed by atoms with E-state index in [0.717, 1.165) is 44.5 Å². The number of fused-ring (bicyclic) bond motifs is 1. The van der Waals surface area contributed by atoms with E-state index in [0.29, 0.717) is 29.4 Å². The van der Waals surface area contributed by atoms with Crippen molar-refractivity contribution in [3.8, 4) is 0 Å². The fraction of sp³-hybridized carbons (Fsp3) is 0.400. The lowest BCUT2D eigenvalue weighted by Crippen LogP contribution is -2.48. The molecule has 6 nitrogen and oxygen atoms in total. The van der Waals surface area contributed by atoms with Crippen molar-refractivity contribution in [2.24, 2.45) is 11.8 Å². The van der Waals surface area contributed by atoms with Crippen LogP contribution in [0.4, 0.5) is 11.4 Å². The van der Waals surface area contributed by atoms with Crippen LogP contribution in [-0.2, 0) is 9.59 Å². The zero-order valence-electron chi connectivity index (χ0n) is 17.9. The Morgan fingerprint density at radius 2 is 1.44 bits per heavy atom. The molecule has 2 saturated heterocycles. The van der Waals surface area contributed by atoms with Crippen LogP contribution in [0.15, 0.2) is 48.5 Å².